The number of carbonyl (C=O) groups is 1. The third-order valence-electron chi connectivity index (χ3n) is 4.02. The van der Waals surface area contributed by atoms with E-state index in [-0.39, 0.29) is 17.9 Å². The molecular formula is C13H23NO3. The first kappa shape index (κ1) is 12.8. The van der Waals surface area contributed by atoms with Gasteiger partial charge in [0, 0.05) is 18.7 Å². The fourth-order valence-corrected chi connectivity index (χ4v) is 2.55. The maximum absolute atomic E-state index is 11.5. The lowest BCUT2D eigenvalue weighted by atomic mass is 10.00. The van der Waals surface area contributed by atoms with Crippen molar-refractivity contribution >= 4 is 5.97 Å². The van der Waals surface area contributed by atoms with Gasteiger partial charge in [-0.15, -0.1) is 0 Å². The van der Waals surface area contributed by atoms with E-state index in [1.807, 2.05) is 13.8 Å². The van der Waals surface area contributed by atoms with Crippen LogP contribution in [-0.2, 0) is 14.3 Å². The summed E-state index contributed by atoms with van der Waals surface area (Å²) in [6.07, 6.45) is 4.01. The van der Waals surface area contributed by atoms with Gasteiger partial charge in [0.2, 0.25) is 0 Å². The van der Waals surface area contributed by atoms with Crippen LogP contribution in [0, 0.1) is 11.8 Å². The zero-order valence-corrected chi connectivity index (χ0v) is 10.9. The van der Waals surface area contributed by atoms with Crippen LogP contribution in [0.5, 0.6) is 0 Å². The van der Waals surface area contributed by atoms with Crippen LogP contribution in [0.1, 0.15) is 33.1 Å². The van der Waals surface area contributed by atoms with Crippen LogP contribution in [0.2, 0.25) is 0 Å². The summed E-state index contributed by atoms with van der Waals surface area (Å²) in [6.45, 7) is 4.80. The lowest BCUT2D eigenvalue weighted by molar-refractivity contribution is -0.145. The van der Waals surface area contributed by atoms with E-state index < -0.39 is 0 Å². The second kappa shape index (κ2) is 5.36. The Morgan fingerprint density at radius 1 is 1.35 bits per heavy atom. The van der Waals surface area contributed by atoms with Crippen molar-refractivity contribution in [1.82, 2.24) is 5.32 Å². The van der Waals surface area contributed by atoms with Crippen LogP contribution in [-0.4, -0.2) is 37.9 Å². The minimum atomic E-state index is -0.146. The Morgan fingerprint density at radius 2 is 2.06 bits per heavy atom. The van der Waals surface area contributed by atoms with Gasteiger partial charge >= 0.3 is 5.97 Å². The van der Waals surface area contributed by atoms with Crippen LogP contribution in [0.25, 0.3) is 0 Å². The van der Waals surface area contributed by atoms with Crippen molar-refractivity contribution in [2.24, 2.45) is 11.8 Å². The third-order valence-corrected chi connectivity index (χ3v) is 4.02. The molecule has 2 rings (SSSR count). The molecule has 1 saturated heterocycles. The highest BCUT2D eigenvalue weighted by atomic mass is 16.5. The van der Waals surface area contributed by atoms with Crippen LogP contribution in [0.15, 0.2) is 0 Å². The summed E-state index contributed by atoms with van der Waals surface area (Å²) in [5.74, 6) is 0.489. The van der Waals surface area contributed by atoms with Gasteiger partial charge < -0.3 is 14.8 Å². The lowest BCUT2D eigenvalue weighted by Gasteiger charge is -2.26. The highest BCUT2D eigenvalue weighted by Crippen LogP contribution is 2.38. The Balaban J connectivity index is 1.84. The molecule has 0 aromatic heterocycles. The van der Waals surface area contributed by atoms with E-state index in [4.69, 9.17) is 9.47 Å². The highest BCUT2D eigenvalue weighted by molar-refractivity contribution is 5.72. The van der Waals surface area contributed by atoms with E-state index in [1.54, 1.807) is 0 Å². The summed E-state index contributed by atoms with van der Waals surface area (Å²) in [6, 6.07) is 0.542. The molecule has 0 aromatic carbocycles. The smallest absolute Gasteiger partial charge is 0.309 e. The average Bonchev–Trinajstić information content (AvgIpc) is 3.08. The lowest BCUT2D eigenvalue weighted by Crippen LogP contribution is -2.46. The number of rotatable bonds is 5. The molecule has 0 radical (unpaired) electrons. The van der Waals surface area contributed by atoms with Gasteiger partial charge in [0.25, 0.3) is 0 Å². The standard InChI is InChI=1S/C13H23NO3/c1-8(13(15)16-3)9(2)14-11-6-7-17-12(11)10-4-5-10/h8-12,14H,4-7H2,1-3H3. The fourth-order valence-electron chi connectivity index (χ4n) is 2.55. The topological polar surface area (TPSA) is 47.6 Å². The highest BCUT2D eigenvalue weighted by Gasteiger charge is 2.41. The molecule has 0 bridgehead atoms. The van der Waals surface area contributed by atoms with Crippen LogP contribution >= 0.6 is 0 Å². The molecule has 0 amide bonds. The van der Waals surface area contributed by atoms with Gasteiger partial charge in [-0.1, -0.05) is 6.92 Å². The number of carbonyl (C=O) groups excluding carboxylic acids is 1. The van der Waals surface area contributed by atoms with Crippen molar-refractivity contribution in [3.8, 4) is 0 Å². The van der Waals surface area contributed by atoms with Crippen LogP contribution in [0.3, 0.4) is 0 Å². The molecule has 4 nitrogen and oxygen atoms in total. The molecule has 2 aliphatic rings. The number of nitrogens with one attached hydrogen (secondary N) is 1. The largest absolute Gasteiger partial charge is 0.469 e. The summed E-state index contributed by atoms with van der Waals surface area (Å²) in [5, 5.41) is 3.54. The number of hydrogen-bond donors (Lipinski definition) is 1. The predicted molar refractivity (Wildman–Crippen MR) is 64.6 cm³/mol. The predicted octanol–water partition coefficient (Wildman–Crippen LogP) is 1.34. The minimum Gasteiger partial charge on any atom is -0.469 e. The number of hydrogen-bond acceptors (Lipinski definition) is 4. The second-order valence-corrected chi connectivity index (χ2v) is 5.34. The molecule has 0 aromatic rings. The Morgan fingerprint density at radius 3 is 2.65 bits per heavy atom. The van der Waals surface area contributed by atoms with E-state index in [9.17, 15) is 4.79 Å². The van der Waals surface area contributed by atoms with E-state index in [0.717, 1.165) is 18.9 Å². The number of methoxy groups -OCH3 is 1. The number of ether oxygens (including phenoxy) is 2. The maximum atomic E-state index is 11.5. The molecule has 4 heteroatoms. The third kappa shape index (κ3) is 2.99. The Kier molecular flexibility index (Phi) is 4.05. The van der Waals surface area contributed by atoms with E-state index in [0.29, 0.717) is 12.1 Å². The summed E-state index contributed by atoms with van der Waals surface area (Å²) < 4.78 is 10.6. The molecule has 2 fully saturated rings. The molecule has 1 N–H and O–H groups in total. The van der Waals surface area contributed by atoms with Gasteiger partial charge in [-0.3, -0.25) is 4.79 Å². The van der Waals surface area contributed by atoms with Gasteiger partial charge in [-0.25, -0.2) is 0 Å². The van der Waals surface area contributed by atoms with Gasteiger partial charge in [0.05, 0.1) is 19.1 Å². The zero-order valence-electron chi connectivity index (χ0n) is 10.9. The van der Waals surface area contributed by atoms with Crippen LogP contribution in [0.4, 0.5) is 0 Å². The van der Waals surface area contributed by atoms with Gasteiger partial charge in [-0.05, 0) is 32.1 Å². The normalized spacial score (nSPS) is 32.2. The van der Waals surface area contributed by atoms with Crippen molar-refractivity contribution in [2.75, 3.05) is 13.7 Å². The van der Waals surface area contributed by atoms with Crippen molar-refractivity contribution in [3.63, 3.8) is 0 Å². The fraction of sp³-hybridized carbons (Fsp3) is 0.923. The SMILES string of the molecule is COC(=O)C(C)C(C)NC1CCOC1C1CC1. The van der Waals surface area contributed by atoms with Crippen LogP contribution < -0.4 is 5.32 Å². The zero-order chi connectivity index (χ0) is 12.4. The second-order valence-electron chi connectivity index (χ2n) is 5.34. The molecule has 17 heavy (non-hydrogen) atoms. The molecule has 1 aliphatic heterocycles. The number of esters is 1. The molecule has 4 unspecified atom stereocenters. The molecule has 1 saturated carbocycles. The Bertz CT molecular complexity index is 278. The van der Waals surface area contributed by atoms with Gasteiger partial charge in [0.15, 0.2) is 0 Å². The van der Waals surface area contributed by atoms with Crippen molar-refractivity contribution in [2.45, 2.75) is 51.3 Å². The summed E-state index contributed by atoms with van der Waals surface area (Å²) in [4.78, 5) is 11.5. The molecular weight excluding hydrogens is 218 g/mol. The van der Waals surface area contributed by atoms with Crippen molar-refractivity contribution in [1.29, 1.82) is 0 Å². The van der Waals surface area contributed by atoms with Gasteiger partial charge in [0.1, 0.15) is 0 Å². The first-order valence-corrected chi connectivity index (χ1v) is 6.59. The minimum absolute atomic E-state index is 0.111. The molecule has 4 atom stereocenters. The molecule has 98 valence electrons. The van der Waals surface area contributed by atoms with E-state index in [1.165, 1.54) is 20.0 Å². The van der Waals surface area contributed by atoms with Crippen molar-refractivity contribution in [3.05, 3.63) is 0 Å². The summed E-state index contributed by atoms with van der Waals surface area (Å²) >= 11 is 0. The molecule has 1 aliphatic carbocycles. The average molecular weight is 241 g/mol. The first-order valence-electron chi connectivity index (χ1n) is 6.59. The quantitative estimate of drug-likeness (QED) is 0.738. The van der Waals surface area contributed by atoms with Gasteiger partial charge in [-0.2, -0.15) is 0 Å². The Labute approximate surface area is 103 Å². The van der Waals surface area contributed by atoms with E-state index in [2.05, 4.69) is 5.32 Å². The summed E-state index contributed by atoms with van der Waals surface area (Å²) in [5.41, 5.74) is 0. The molecule has 1 heterocycles. The Hall–Kier alpha value is -0.610. The summed E-state index contributed by atoms with van der Waals surface area (Å²) in [7, 11) is 1.44. The molecule has 0 spiro atoms. The first-order chi connectivity index (χ1) is 8.13. The maximum Gasteiger partial charge on any atom is 0.309 e. The monoisotopic (exact) mass is 241 g/mol. The van der Waals surface area contributed by atoms with Crippen molar-refractivity contribution < 1.29 is 14.3 Å². The van der Waals surface area contributed by atoms with E-state index >= 15 is 0 Å².